The summed E-state index contributed by atoms with van der Waals surface area (Å²) in [6, 6.07) is 34.0. The summed E-state index contributed by atoms with van der Waals surface area (Å²) in [5, 5.41) is 2.34. The average molecular weight is 459 g/mol. The van der Waals surface area contributed by atoms with E-state index < -0.39 is 0 Å². The van der Waals surface area contributed by atoms with Gasteiger partial charge in [0.1, 0.15) is 22.7 Å². The molecule has 164 valence electrons. The fourth-order valence-corrected chi connectivity index (χ4v) is 6.26. The highest BCUT2D eigenvalue weighted by Gasteiger charge is 2.34. The molecule has 7 rings (SSSR count). The fourth-order valence-electron chi connectivity index (χ4n) is 5.23. The molecule has 0 saturated carbocycles. The van der Waals surface area contributed by atoms with Crippen LogP contribution in [0.3, 0.4) is 0 Å². The number of ether oxygens (including phenoxy) is 1. The molecule has 1 aliphatic heterocycles. The molecule has 34 heavy (non-hydrogen) atoms. The van der Waals surface area contributed by atoms with Crippen LogP contribution in [0.5, 0.6) is 11.5 Å². The predicted octanol–water partition coefficient (Wildman–Crippen LogP) is 9.41. The van der Waals surface area contributed by atoms with E-state index in [0.717, 1.165) is 28.1 Å². The van der Waals surface area contributed by atoms with E-state index >= 15 is 0 Å². The topological polar surface area (TPSA) is 22.4 Å². The van der Waals surface area contributed by atoms with Crippen LogP contribution in [0.4, 0.5) is 0 Å². The van der Waals surface area contributed by atoms with Crippen molar-refractivity contribution in [3.05, 3.63) is 108 Å². The predicted molar refractivity (Wildman–Crippen MR) is 141 cm³/mol. The number of rotatable bonds is 2. The van der Waals surface area contributed by atoms with Crippen molar-refractivity contribution in [2.45, 2.75) is 19.3 Å². The fraction of sp³-hybridized carbons (Fsp3) is 0.0968. The van der Waals surface area contributed by atoms with Gasteiger partial charge in [-0.2, -0.15) is 0 Å². The van der Waals surface area contributed by atoms with E-state index in [1.54, 1.807) is 11.3 Å². The van der Waals surface area contributed by atoms with Gasteiger partial charge in [0.2, 0.25) is 0 Å². The van der Waals surface area contributed by atoms with E-state index in [1.165, 1.54) is 37.4 Å². The molecule has 4 aromatic carbocycles. The number of thiophene rings is 1. The second-order valence-corrected chi connectivity index (χ2v) is 10.5. The Morgan fingerprint density at radius 1 is 0.647 bits per heavy atom. The molecule has 0 amide bonds. The van der Waals surface area contributed by atoms with Crippen LogP contribution < -0.4 is 4.74 Å². The van der Waals surface area contributed by atoms with Crippen molar-refractivity contribution in [2.24, 2.45) is 0 Å². The lowest BCUT2D eigenvalue weighted by atomic mass is 9.75. The Hall–Kier alpha value is -3.82. The van der Waals surface area contributed by atoms with Crippen molar-refractivity contribution in [3.63, 3.8) is 0 Å². The van der Waals surface area contributed by atoms with E-state index in [4.69, 9.17) is 9.15 Å². The lowest BCUT2D eigenvalue weighted by molar-refractivity contribution is 0.418. The second-order valence-electron chi connectivity index (χ2n) is 9.37. The first kappa shape index (κ1) is 19.6. The monoisotopic (exact) mass is 458 g/mol. The molecule has 0 saturated heterocycles. The minimum atomic E-state index is -0.0959. The van der Waals surface area contributed by atoms with E-state index in [2.05, 4.69) is 86.6 Å². The zero-order valence-electron chi connectivity index (χ0n) is 19.0. The molecule has 0 N–H and O–H groups in total. The molecule has 0 aliphatic carbocycles. The van der Waals surface area contributed by atoms with Crippen molar-refractivity contribution >= 4 is 33.3 Å². The summed E-state index contributed by atoms with van der Waals surface area (Å²) < 4.78 is 12.5. The van der Waals surface area contributed by atoms with Crippen molar-refractivity contribution in [3.8, 4) is 32.4 Å². The second kappa shape index (κ2) is 7.09. The van der Waals surface area contributed by atoms with E-state index in [-0.39, 0.29) is 5.41 Å². The number of hydrogen-bond acceptors (Lipinski definition) is 3. The van der Waals surface area contributed by atoms with Gasteiger partial charge in [-0.25, -0.2) is 0 Å². The maximum Gasteiger partial charge on any atom is 0.136 e. The van der Waals surface area contributed by atoms with Crippen LogP contribution in [0.15, 0.2) is 101 Å². The number of furan rings is 1. The number of hydrogen-bond donors (Lipinski definition) is 0. The van der Waals surface area contributed by atoms with Crippen molar-refractivity contribution < 1.29 is 9.15 Å². The minimum Gasteiger partial charge on any atom is -0.457 e. The normalized spacial score (nSPS) is 14.1. The molecule has 0 bridgehead atoms. The van der Waals surface area contributed by atoms with Gasteiger partial charge in [0.25, 0.3) is 0 Å². The van der Waals surface area contributed by atoms with E-state index in [1.807, 2.05) is 24.3 Å². The SMILES string of the molecule is CC1(C)c2ccccc2Oc2cc(-c3ccc(-c4cccc5oc6ccccc6c45)s3)ccc21. The quantitative estimate of drug-likeness (QED) is 0.258. The Bertz CT molecular complexity index is 1720. The van der Waals surface area contributed by atoms with Crippen LogP contribution in [0.1, 0.15) is 25.0 Å². The van der Waals surface area contributed by atoms with Crippen LogP contribution in [-0.2, 0) is 5.41 Å². The van der Waals surface area contributed by atoms with Gasteiger partial charge in [-0.1, -0.05) is 74.5 Å². The first-order valence-corrected chi connectivity index (χ1v) is 12.3. The Morgan fingerprint density at radius 3 is 2.35 bits per heavy atom. The van der Waals surface area contributed by atoms with Gasteiger partial charge in [0.05, 0.1) is 0 Å². The highest BCUT2D eigenvalue weighted by Crippen LogP contribution is 2.49. The molecule has 6 aromatic rings. The van der Waals surface area contributed by atoms with Crippen molar-refractivity contribution in [2.75, 3.05) is 0 Å². The van der Waals surface area contributed by atoms with Gasteiger partial charge in [-0.15, -0.1) is 11.3 Å². The Morgan fingerprint density at radius 2 is 1.41 bits per heavy atom. The van der Waals surface area contributed by atoms with Gasteiger partial charge in [-0.3, -0.25) is 0 Å². The lowest BCUT2D eigenvalue weighted by Gasteiger charge is -2.34. The molecular formula is C31H22O2S. The smallest absolute Gasteiger partial charge is 0.136 e. The summed E-state index contributed by atoms with van der Waals surface area (Å²) in [5.41, 5.74) is 6.60. The van der Waals surface area contributed by atoms with Crippen LogP contribution in [-0.4, -0.2) is 0 Å². The Labute approximate surface area is 202 Å². The lowest BCUT2D eigenvalue weighted by Crippen LogP contribution is -2.24. The maximum absolute atomic E-state index is 6.35. The summed E-state index contributed by atoms with van der Waals surface area (Å²) in [7, 11) is 0. The standard InChI is InChI=1S/C31H22O2S/c1-31(2)22-10-4-6-12-25(22)33-27-18-19(14-15-23(27)31)28-16-17-29(34-28)21-9-7-13-26-30(21)20-8-3-5-11-24(20)32-26/h3-18H,1-2H3. The van der Waals surface area contributed by atoms with E-state index in [9.17, 15) is 0 Å². The molecular weight excluding hydrogens is 436 g/mol. The maximum atomic E-state index is 6.35. The van der Waals surface area contributed by atoms with Gasteiger partial charge in [0.15, 0.2) is 0 Å². The Balaban J connectivity index is 1.33. The van der Waals surface area contributed by atoms with Crippen molar-refractivity contribution in [1.29, 1.82) is 0 Å². The third-order valence-corrected chi connectivity index (χ3v) is 8.16. The summed E-state index contributed by atoms with van der Waals surface area (Å²) in [5.74, 6) is 1.89. The molecule has 2 aromatic heterocycles. The summed E-state index contributed by atoms with van der Waals surface area (Å²) in [4.78, 5) is 2.46. The summed E-state index contributed by atoms with van der Waals surface area (Å²) in [6.07, 6.45) is 0. The first-order valence-electron chi connectivity index (χ1n) is 11.5. The molecule has 0 radical (unpaired) electrons. The number of benzene rings is 4. The van der Waals surface area contributed by atoms with Gasteiger partial charge in [-0.05, 0) is 42.0 Å². The van der Waals surface area contributed by atoms with Gasteiger partial charge < -0.3 is 9.15 Å². The van der Waals surface area contributed by atoms with Crippen LogP contribution in [0.2, 0.25) is 0 Å². The molecule has 3 heterocycles. The summed E-state index contributed by atoms with van der Waals surface area (Å²) in [6.45, 7) is 4.54. The average Bonchev–Trinajstić information content (AvgIpc) is 3.49. The minimum absolute atomic E-state index is 0.0959. The number of fused-ring (bicyclic) bond motifs is 5. The number of para-hydroxylation sites is 2. The highest BCUT2D eigenvalue weighted by molar-refractivity contribution is 7.18. The molecule has 0 spiro atoms. The highest BCUT2D eigenvalue weighted by atomic mass is 32.1. The zero-order valence-corrected chi connectivity index (χ0v) is 19.8. The zero-order chi connectivity index (χ0) is 22.9. The van der Waals surface area contributed by atoms with Gasteiger partial charge in [0, 0.05) is 42.6 Å². The molecule has 0 atom stereocenters. The molecule has 0 unspecified atom stereocenters. The molecule has 0 fully saturated rings. The molecule has 1 aliphatic rings. The van der Waals surface area contributed by atoms with Crippen LogP contribution >= 0.6 is 11.3 Å². The first-order chi connectivity index (χ1) is 16.6. The third kappa shape index (κ3) is 2.80. The van der Waals surface area contributed by atoms with E-state index in [0.29, 0.717) is 0 Å². The van der Waals surface area contributed by atoms with Gasteiger partial charge >= 0.3 is 0 Å². The largest absolute Gasteiger partial charge is 0.457 e. The Kier molecular flexibility index (Phi) is 4.09. The molecule has 2 nitrogen and oxygen atoms in total. The summed E-state index contributed by atoms with van der Waals surface area (Å²) >= 11 is 1.80. The van der Waals surface area contributed by atoms with Crippen LogP contribution in [0, 0.1) is 0 Å². The van der Waals surface area contributed by atoms with Crippen molar-refractivity contribution in [1.82, 2.24) is 0 Å². The molecule has 3 heteroatoms. The third-order valence-electron chi connectivity index (χ3n) is 6.99. The van der Waals surface area contributed by atoms with Crippen LogP contribution in [0.25, 0.3) is 42.8 Å².